The maximum absolute atomic E-state index is 14.0. The maximum atomic E-state index is 14.0. The summed E-state index contributed by atoms with van der Waals surface area (Å²) in [6, 6.07) is 8.61. The zero-order chi connectivity index (χ0) is 22.9. The lowest BCUT2D eigenvalue weighted by molar-refractivity contribution is -0.136. The molecule has 0 spiro atoms. The largest absolute Gasteiger partial charge is 0.381 e. The number of hydrogen-bond donors (Lipinski definition) is 1. The number of aryl methyl sites for hydroxylation is 1. The van der Waals surface area contributed by atoms with E-state index < -0.39 is 28.5 Å². The number of anilines is 1. The summed E-state index contributed by atoms with van der Waals surface area (Å²) < 4.78 is 24.1. The van der Waals surface area contributed by atoms with Crippen LogP contribution in [-0.2, 0) is 19.7 Å². The number of carbonyl (C=O) groups excluding carboxylic acids is 2. The Labute approximate surface area is 187 Å². The Morgan fingerprint density at radius 3 is 2.66 bits per heavy atom. The van der Waals surface area contributed by atoms with Crippen LogP contribution in [0.15, 0.2) is 45.7 Å². The lowest BCUT2D eigenvalue weighted by Gasteiger charge is -2.37. The minimum atomic E-state index is -0.809. The van der Waals surface area contributed by atoms with Gasteiger partial charge in [0.05, 0.1) is 11.1 Å². The number of carbonyl (C=O) groups is 2. The highest BCUT2D eigenvalue weighted by molar-refractivity contribution is 6.41. The van der Waals surface area contributed by atoms with Gasteiger partial charge in [-0.3, -0.25) is 9.59 Å². The molecule has 32 heavy (non-hydrogen) atoms. The number of Topliss-reactive ketones (excluding diaryl/α,β-unsaturated/α-hetero) is 1. The Morgan fingerprint density at radius 2 is 1.91 bits per heavy atom. The molecule has 2 heterocycles. The van der Waals surface area contributed by atoms with Crippen LogP contribution in [0.5, 0.6) is 0 Å². The van der Waals surface area contributed by atoms with Crippen molar-refractivity contribution >= 4 is 39.8 Å². The summed E-state index contributed by atoms with van der Waals surface area (Å²) in [7, 11) is 0. The van der Waals surface area contributed by atoms with Gasteiger partial charge in [-0.1, -0.05) is 16.8 Å². The van der Waals surface area contributed by atoms with Crippen molar-refractivity contribution in [2.45, 2.75) is 31.6 Å². The van der Waals surface area contributed by atoms with E-state index in [4.69, 9.17) is 20.9 Å². The molecule has 1 fully saturated rings. The maximum Gasteiger partial charge on any atom is 0.366 e. The fraction of sp³-hybridized carbons (Fsp3) is 0.304. The molecule has 0 radical (unpaired) electrons. The van der Waals surface area contributed by atoms with Crippen LogP contribution in [0.2, 0.25) is 5.02 Å². The molecule has 0 unspecified atom stereocenters. The van der Waals surface area contributed by atoms with E-state index in [1.165, 1.54) is 30.3 Å². The predicted octanol–water partition coefficient (Wildman–Crippen LogP) is 3.94. The van der Waals surface area contributed by atoms with Gasteiger partial charge in [-0.25, -0.2) is 9.18 Å². The molecule has 0 bridgehead atoms. The average Bonchev–Trinajstić information content (AvgIpc) is 2.78. The van der Waals surface area contributed by atoms with Crippen LogP contribution < -0.4 is 10.9 Å². The molecule has 3 aromatic rings. The molecule has 1 aliphatic rings. The fourth-order valence-electron chi connectivity index (χ4n) is 4.10. The Bertz CT molecular complexity index is 1270. The number of ether oxygens (including phenoxy) is 1. The Balaban J connectivity index is 1.58. The summed E-state index contributed by atoms with van der Waals surface area (Å²) in [4.78, 5) is 37.4. The summed E-state index contributed by atoms with van der Waals surface area (Å²) >= 11 is 6.34. The van der Waals surface area contributed by atoms with Gasteiger partial charge in [0.25, 0.3) is 5.91 Å². The number of fused-ring (bicyclic) bond motifs is 1. The molecule has 1 amide bonds. The summed E-state index contributed by atoms with van der Waals surface area (Å²) in [5.74, 6) is -1.93. The van der Waals surface area contributed by atoms with Crippen LogP contribution >= 0.6 is 11.6 Å². The normalized spacial score (nSPS) is 15.5. The van der Waals surface area contributed by atoms with Gasteiger partial charge in [0.2, 0.25) is 5.78 Å². The first-order valence-electron chi connectivity index (χ1n) is 10.1. The average molecular weight is 459 g/mol. The van der Waals surface area contributed by atoms with E-state index in [0.717, 1.165) is 0 Å². The third-order valence-electron chi connectivity index (χ3n) is 5.85. The van der Waals surface area contributed by atoms with E-state index in [-0.39, 0.29) is 6.42 Å². The van der Waals surface area contributed by atoms with E-state index in [9.17, 15) is 18.8 Å². The van der Waals surface area contributed by atoms with Crippen LogP contribution in [0.25, 0.3) is 10.8 Å². The molecule has 7 nitrogen and oxygen atoms in total. The standard InChI is InChI=1S/C23H20ClFN2O5/c1-13-17-11-15(3-4-16(17)22(30)32-27-13)26-21(29)20(28)12-23(6-8-31-9-7-23)18-10-14(25)2-5-19(18)24/h2-5,10-11H,6-9,12H2,1H3,(H,26,29). The second kappa shape index (κ2) is 8.80. The molecule has 9 heteroatoms. The van der Waals surface area contributed by atoms with E-state index >= 15 is 0 Å². The zero-order valence-corrected chi connectivity index (χ0v) is 18.0. The molecule has 1 aliphatic heterocycles. The quantitative estimate of drug-likeness (QED) is 0.581. The van der Waals surface area contributed by atoms with Gasteiger partial charge in [-0.05, 0) is 61.7 Å². The minimum absolute atomic E-state index is 0.136. The Hall–Kier alpha value is -3.10. The molecular formula is C23H20ClFN2O5. The highest BCUT2D eigenvalue weighted by Crippen LogP contribution is 2.42. The lowest BCUT2D eigenvalue weighted by atomic mass is 9.70. The number of amides is 1. The smallest absolute Gasteiger partial charge is 0.366 e. The number of halogens is 2. The van der Waals surface area contributed by atoms with Crippen LogP contribution in [0, 0.1) is 12.7 Å². The van der Waals surface area contributed by atoms with Crippen molar-refractivity contribution in [2.75, 3.05) is 18.5 Å². The van der Waals surface area contributed by atoms with Gasteiger partial charge >= 0.3 is 5.63 Å². The summed E-state index contributed by atoms with van der Waals surface area (Å²) in [5, 5.41) is 7.43. The third kappa shape index (κ3) is 4.28. The van der Waals surface area contributed by atoms with E-state index in [1.807, 2.05) is 0 Å². The summed E-state index contributed by atoms with van der Waals surface area (Å²) in [5.41, 5.74) is -0.0647. The number of nitrogens with one attached hydrogen (secondary N) is 1. The first-order valence-corrected chi connectivity index (χ1v) is 10.4. The van der Waals surface area contributed by atoms with Crippen molar-refractivity contribution in [1.29, 1.82) is 0 Å². The first-order chi connectivity index (χ1) is 15.3. The third-order valence-corrected chi connectivity index (χ3v) is 6.18. The SMILES string of the molecule is Cc1noc(=O)c2ccc(NC(=O)C(=O)CC3(c4cc(F)ccc4Cl)CCOCC3)cc12. The lowest BCUT2D eigenvalue weighted by Crippen LogP contribution is -2.39. The number of hydrogen-bond acceptors (Lipinski definition) is 6. The molecule has 0 atom stereocenters. The van der Waals surface area contributed by atoms with Crippen LogP contribution in [0.3, 0.4) is 0 Å². The second-order valence-corrected chi connectivity index (χ2v) is 8.29. The molecule has 0 saturated carbocycles. The number of nitrogens with zero attached hydrogens (tertiary/aromatic N) is 1. The number of benzene rings is 2. The van der Waals surface area contributed by atoms with Gasteiger partial charge in [-0.15, -0.1) is 0 Å². The molecule has 166 valence electrons. The highest BCUT2D eigenvalue weighted by Gasteiger charge is 2.39. The number of aromatic nitrogens is 1. The number of ketones is 1. The van der Waals surface area contributed by atoms with Gasteiger partial charge in [-0.2, -0.15) is 0 Å². The summed E-state index contributed by atoms with van der Waals surface area (Å²) in [6.45, 7) is 2.42. The zero-order valence-electron chi connectivity index (χ0n) is 17.2. The minimum Gasteiger partial charge on any atom is -0.381 e. The van der Waals surface area contributed by atoms with Gasteiger partial charge in [0, 0.05) is 41.1 Å². The van der Waals surface area contributed by atoms with Gasteiger partial charge in [0.1, 0.15) is 5.82 Å². The molecule has 4 rings (SSSR count). The topological polar surface area (TPSA) is 98.5 Å². The molecule has 1 N–H and O–H groups in total. The van der Waals surface area contributed by atoms with Gasteiger partial charge < -0.3 is 14.6 Å². The monoisotopic (exact) mass is 458 g/mol. The van der Waals surface area contributed by atoms with Gasteiger partial charge in [0.15, 0.2) is 0 Å². The molecule has 1 aromatic heterocycles. The Morgan fingerprint density at radius 1 is 1.16 bits per heavy atom. The van der Waals surface area contributed by atoms with Crippen molar-refractivity contribution in [3.8, 4) is 0 Å². The van der Waals surface area contributed by atoms with Crippen molar-refractivity contribution in [3.63, 3.8) is 0 Å². The molecule has 0 aliphatic carbocycles. The van der Waals surface area contributed by atoms with Crippen molar-refractivity contribution in [1.82, 2.24) is 5.16 Å². The fourth-order valence-corrected chi connectivity index (χ4v) is 4.42. The highest BCUT2D eigenvalue weighted by atomic mass is 35.5. The van der Waals surface area contributed by atoms with Crippen molar-refractivity contribution in [3.05, 3.63) is 68.9 Å². The van der Waals surface area contributed by atoms with E-state index in [0.29, 0.717) is 58.8 Å². The first kappa shape index (κ1) is 22.1. The predicted molar refractivity (Wildman–Crippen MR) is 116 cm³/mol. The molecule has 1 saturated heterocycles. The van der Waals surface area contributed by atoms with Crippen LogP contribution in [0.4, 0.5) is 10.1 Å². The number of rotatable bonds is 5. The van der Waals surface area contributed by atoms with E-state index in [2.05, 4.69) is 10.5 Å². The van der Waals surface area contributed by atoms with Crippen molar-refractivity contribution < 1.29 is 23.2 Å². The van der Waals surface area contributed by atoms with Crippen LogP contribution in [-0.4, -0.2) is 30.1 Å². The van der Waals surface area contributed by atoms with Crippen LogP contribution in [0.1, 0.15) is 30.5 Å². The molecule has 2 aromatic carbocycles. The van der Waals surface area contributed by atoms with E-state index in [1.54, 1.807) is 13.0 Å². The molecular weight excluding hydrogens is 439 g/mol. The second-order valence-electron chi connectivity index (χ2n) is 7.89. The summed E-state index contributed by atoms with van der Waals surface area (Å²) in [6.07, 6.45) is 0.737. The Kier molecular flexibility index (Phi) is 6.08. The van der Waals surface area contributed by atoms with Crippen molar-refractivity contribution in [2.24, 2.45) is 0 Å².